The maximum atomic E-state index is 11.7. The monoisotopic (exact) mass is 344 g/mol. The first-order chi connectivity index (χ1) is 11.6. The zero-order chi connectivity index (χ0) is 16.9. The van der Waals surface area contributed by atoms with Gasteiger partial charge < -0.3 is 14.5 Å². The number of fused-ring (bicyclic) bond motifs is 1. The number of hydrogen-bond acceptors (Lipinski definition) is 3. The Labute approximate surface area is 145 Å². The van der Waals surface area contributed by atoms with Crippen LogP contribution in [0.5, 0.6) is 5.75 Å². The average Bonchev–Trinajstić information content (AvgIpc) is 2.57. The molecule has 0 unspecified atom stereocenters. The summed E-state index contributed by atoms with van der Waals surface area (Å²) in [5.74, 6) is 0.860. The van der Waals surface area contributed by atoms with Crippen molar-refractivity contribution in [2.75, 3.05) is 13.2 Å². The van der Waals surface area contributed by atoms with E-state index in [1.54, 1.807) is 6.07 Å². The lowest BCUT2D eigenvalue weighted by Gasteiger charge is -2.08. The Bertz CT molecular complexity index is 890. The standard InChI is InChI=1S/C19H18ClNO3/c1-13-9-18-16(11-17(13)20)14(10-19(22)24-18)12-21-7-8-23-15-5-3-2-4-6-15/h2-6,9-11,21H,7-8,12H2,1H3/p+1. The van der Waals surface area contributed by atoms with Gasteiger partial charge in [-0.1, -0.05) is 29.8 Å². The lowest BCUT2D eigenvalue weighted by atomic mass is 10.1. The molecule has 0 bridgehead atoms. The molecule has 1 heterocycles. The predicted molar refractivity (Wildman–Crippen MR) is 94.7 cm³/mol. The first-order valence-corrected chi connectivity index (χ1v) is 8.23. The fourth-order valence-corrected chi connectivity index (χ4v) is 2.72. The minimum absolute atomic E-state index is 0.340. The van der Waals surface area contributed by atoms with Gasteiger partial charge in [0, 0.05) is 22.0 Å². The Morgan fingerprint density at radius 1 is 1.17 bits per heavy atom. The van der Waals surface area contributed by atoms with Crippen molar-refractivity contribution < 1.29 is 14.5 Å². The molecule has 124 valence electrons. The third-order valence-corrected chi connectivity index (χ3v) is 4.21. The van der Waals surface area contributed by atoms with Crippen LogP contribution in [0.4, 0.5) is 0 Å². The van der Waals surface area contributed by atoms with E-state index < -0.39 is 0 Å². The summed E-state index contributed by atoms with van der Waals surface area (Å²) in [6.45, 7) is 3.95. The van der Waals surface area contributed by atoms with Gasteiger partial charge in [0.1, 0.15) is 31.0 Å². The molecular weight excluding hydrogens is 326 g/mol. The summed E-state index contributed by atoms with van der Waals surface area (Å²) in [6.07, 6.45) is 0. The molecule has 5 heteroatoms. The van der Waals surface area contributed by atoms with Gasteiger partial charge >= 0.3 is 5.63 Å². The van der Waals surface area contributed by atoms with Gasteiger partial charge in [-0.2, -0.15) is 0 Å². The van der Waals surface area contributed by atoms with Gasteiger partial charge in [-0.05, 0) is 36.8 Å². The highest BCUT2D eigenvalue weighted by molar-refractivity contribution is 6.32. The van der Waals surface area contributed by atoms with Gasteiger partial charge in [0.05, 0.1) is 0 Å². The van der Waals surface area contributed by atoms with Crippen LogP contribution >= 0.6 is 11.6 Å². The molecular formula is C19H19ClNO3+. The Morgan fingerprint density at radius 3 is 2.75 bits per heavy atom. The van der Waals surface area contributed by atoms with Crippen LogP contribution in [0.3, 0.4) is 0 Å². The van der Waals surface area contributed by atoms with E-state index >= 15 is 0 Å². The first kappa shape index (κ1) is 16.6. The molecule has 0 saturated carbocycles. The molecule has 1 aromatic heterocycles. The van der Waals surface area contributed by atoms with Crippen molar-refractivity contribution in [3.8, 4) is 5.75 Å². The van der Waals surface area contributed by atoms with Crippen LogP contribution in [0.1, 0.15) is 11.1 Å². The van der Waals surface area contributed by atoms with Crippen molar-refractivity contribution in [3.63, 3.8) is 0 Å². The summed E-state index contributed by atoms with van der Waals surface area (Å²) in [6, 6.07) is 14.9. The number of para-hydroxylation sites is 1. The van der Waals surface area contributed by atoms with E-state index in [0.717, 1.165) is 28.8 Å². The predicted octanol–water partition coefficient (Wildman–Crippen LogP) is 2.90. The summed E-state index contributed by atoms with van der Waals surface area (Å²) < 4.78 is 10.9. The second kappa shape index (κ2) is 7.51. The lowest BCUT2D eigenvalue weighted by molar-refractivity contribution is -0.671. The molecule has 4 nitrogen and oxygen atoms in total. The molecule has 3 rings (SSSR count). The average molecular weight is 345 g/mol. The van der Waals surface area contributed by atoms with Crippen LogP contribution in [-0.2, 0) is 6.54 Å². The Morgan fingerprint density at radius 2 is 1.96 bits per heavy atom. The van der Waals surface area contributed by atoms with Crippen molar-refractivity contribution in [3.05, 3.63) is 75.1 Å². The van der Waals surface area contributed by atoms with Crippen LogP contribution in [0.2, 0.25) is 5.02 Å². The lowest BCUT2D eigenvalue weighted by Crippen LogP contribution is -2.83. The highest BCUT2D eigenvalue weighted by Gasteiger charge is 2.09. The van der Waals surface area contributed by atoms with Crippen LogP contribution in [-0.4, -0.2) is 13.2 Å². The highest BCUT2D eigenvalue weighted by Crippen LogP contribution is 2.24. The van der Waals surface area contributed by atoms with Crippen molar-refractivity contribution >= 4 is 22.6 Å². The van der Waals surface area contributed by atoms with Crippen molar-refractivity contribution in [1.29, 1.82) is 0 Å². The number of nitrogens with two attached hydrogens (primary N) is 1. The summed E-state index contributed by atoms with van der Waals surface area (Å²) in [5, 5.41) is 3.65. The van der Waals surface area contributed by atoms with E-state index in [-0.39, 0.29) is 5.63 Å². The second-order valence-corrected chi connectivity index (χ2v) is 6.04. The number of halogens is 1. The number of aryl methyl sites for hydroxylation is 1. The van der Waals surface area contributed by atoms with Crippen LogP contribution in [0, 0.1) is 6.92 Å². The number of rotatable bonds is 6. The topological polar surface area (TPSA) is 56.0 Å². The zero-order valence-electron chi connectivity index (χ0n) is 13.4. The Balaban J connectivity index is 1.64. The van der Waals surface area contributed by atoms with Gasteiger partial charge in [0.25, 0.3) is 0 Å². The highest BCUT2D eigenvalue weighted by atomic mass is 35.5. The van der Waals surface area contributed by atoms with E-state index in [4.69, 9.17) is 20.8 Å². The second-order valence-electron chi connectivity index (χ2n) is 5.63. The Hall–Kier alpha value is -2.30. The summed E-state index contributed by atoms with van der Waals surface area (Å²) >= 11 is 6.20. The van der Waals surface area contributed by atoms with Crippen molar-refractivity contribution in [1.82, 2.24) is 0 Å². The van der Waals surface area contributed by atoms with Gasteiger partial charge in [0.15, 0.2) is 0 Å². The third-order valence-electron chi connectivity index (χ3n) is 3.81. The first-order valence-electron chi connectivity index (χ1n) is 7.86. The molecule has 3 aromatic rings. The van der Waals surface area contributed by atoms with E-state index in [1.807, 2.05) is 43.3 Å². The minimum Gasteiger partial charge on any atom is -0.488 e. The van der Waals surface area contributed by atoms with Crippen LogP contribution in [0.15, 0.2) is 57.7 Å². The maximum Gasteiger partial charge on any atom is 0.336 e. The SMILES string of the molecule is Cc1cc2oc(=O)cc(C[NH2+]CCOc3ccccc3)c2cc1Cl. The quantitative estimate of drug-likeness (QED) is 0.552. The van der Waals surface area contributed by atoms with Gasteiger partial charge in [-0.15, -0.1) is 0 Å². The van der Waals surface area contributed by atoms with E-state index in [0.29, 0.717) is 23.8 Å². The molecule has 2 N–H and O–H groups in total. The molecule has 0 radical (unpaired) electrons. The Kier molecular flexibility index (Phi) is 5.18. The van der Waals surface area contributed by atoms with Gasteiger partial charge in [0.2, 0.25) is 0 Å². The van der Waals surface area contributed by atoms with Crippen molar-refractivity contribution in [2.45, 2.75) is 13.5 Å². The van der Waals surface area contributed by atoms with E-state index in [1.165, 1.54) is 6.07 Å². The number of ether oxygens (including phenoxy) is 1. The fourth-order valence-electron chi connectivity index (χ4n) is 2.55. The minimum atomic E-state index is -0.340. The molecule has 2 aromatic carbocycles. The fraction of sp³-hybridized carbons (Fsp3) is 0.211. The molecule has 0 aliphatic carbocycles. The van der Waals surface area contributed by atoms with Crippen LogP contribution < -0.4 is 15.7 Å². The molecule has 0 fully saturated rings. The zero-order valence-corrected chi connectivity index (χ0v) is 14.2. The van der Waals surface area contributed by atoms with Crippen LogP contribution in [0.25, 0.3) is 11.0 Å². The molecule has 0 aliphatic rings. The summed E-state index contributed by atoms with van der Waals surface area (Å²) in [4.78, 5) is 11.7. The molecule has 0 amide bonds. The third kappa shape index (κ3) is 3.96. The molecule has 0 saturated heterocycles. The van der Waals surface area contributed by atoms with Crippen molar-refractivity contribution in [2.24, 2.45) is 0 Å². The van der Waals surface area contributed by atoms with E-state index in [9.17, 15) is 4.79 Å². The molecule has 24 heavy (non-hydrogen) atoms. The number of benzene rings is 2. The molecule has 0 atom stereocenters. The largest absolute Gasteiger partial charge is 0.488 e. The summed E-state index contributed by atoms with van der Waals surface area (Å²) in [7, 11) is 0. The normalized spacial score (nSPS) is 10.9. The molecule has 0 spiro atoms. The summed E-state index contributed by atoms with van der Waals surface area (Å²) in [5.41, 5.74) is 2.05. The smallest absolute Gasteiger partial charge is 0.336 e. The van der Waals surface area contributed by atoms with E-state index in [2.05, 4.69) is 5.32 Å². The molecule has 0 aliphatic heterocycles. The van der Waals surface area contributed by atoms with Gasteiger partial charge in [-0.3, -0.25) is 0 Å². The maximum absolute atomic E-state index is 11.7. The number of quaternary nitrogens is 1. The van der Waals surface area contributed by atoms with Gasteiger partial charge in [-0.25, -0.2) is 4.79 Å². The number of hydrogen-bond donors (Lipinski definition) is 1.